The molecule has 1 fully saturated rings. The molecule has 1 aromatic rings. The van der Waals surface area contributed by atoms with Gasteiger partial charge in [0.15, 0.2) is 6.23 Å². The topological polar surface area (TPSA) is 38.3 Å². The van der Waals surface area contributed by atoms with Gasteiger partial charge in [-0.2, -0.15) is 0 Å². The Balaban J connectivity index is 1.97. The van der Waals surface area contributed by atoms with E-state index in [-0.39, 0.29) is 12.2 Å². The van der Waals surface area contributed by atoms with Gasteiger partial charge in [-0.1, -0.05) is 18.2 Å². The quantitative estimate of drug-likeness (QED) is 0.689. The first-order valence-electron chi connectivity index (χ1n) is 4.36. The highest BCUT2D eigenvalue weighted by Crippen LogP contribution is 2.08. The molecule has 1 heterocycles. The molecular formula is C10H11NO2. The van der Waals surface area contributed by atoms with Crippen LogP contribution in [0.15, 0.2) is 30.3 Å². The first-order chi connectivity index (χ1) is 6.36. The Morgan fingerprint density at radius 2 is 2.08 bits per heavy atom. The van der Waals surface area contributed by atoms with Crippen molar-refractivity contribution in [3.63, 3.8) is 0 Å². The summed E-state index contributed by atoms with van der Waals surface area (Å²) in [6.45, 7) is 0.937. The van der Waals surface area contributed by atoms with E-state index in [2.05, 4.69) is 5.32 Å². The maximum Gasteiger partial charge on any atom is 0.339 e. The number of carbonyl (C=O) groups excluding carboxylic acids is 1. The molecule has 1 aliphatic heterocycles. The van der Waals surface area contributed by atoms with Crippen LogP contribution in [0.4, 0.5) is 0 Å². The number of benzene rings is 1. The molecule has 13 heavy (non-hydrogen) atoms. The Labute approximate surface area is 76.7 Å². The molecule has 0 aromatic heterocycles. The molecule has 2 rings (SSSR count). The Hall–Kier alpha value is -1.35. The van der Waals surface area contributed by atoms with E-state index < -0.39 is 0 Å². The molecule has 0 saturated carbocycles. The fraction of sp³-hybridized carbons (Fsp3) is 0.300. The molecule has 3 heteroatoms. The van der Waals surface area contributed by atoms with Crippen molar-refractivity contribution in [2.45, 2.75) is 12.6 Å². The van der Waals surface area contributed by atoms with Crippen LogP contribution in [0.3, 0.4) is 0 Å². The van der Waals surface area contributed by atoms with Gasteiger partial charge in [-0.3, -0.25) is 5.32 Å². The Morgan fingerprint density at radius 1 is 1.38 bits per heavy atom. The summed E-state index contributed by atoms with van der Waals surface area (Å²) in [7, 11) is 0. The molecule has 0 aliphatic carbocycles. The highest BCUT2D eigenvalue weighted by atomic mass is 16.6. The van der Waals surface area contributed by atoms with Gasteiger partial charge in [0.05, 0.1) is 5.56 Å². The van der Waals surface area contributed by atoms with E-state index in [9.17, 15) is 4.79 Å². The van der Waals surface area contributed by atoms with Gasteiger partial charge in [0, 0.05) is 13.0 Å². The number of carbonyl (C=O) groups is 1. The summed E-state index contributed by atoms with van der Waals surface area (Å²) in [5.74, 6) is -0.252. The molecule has 1 aliphatic rings. The van der Waals surface area contributed by atoms with Gasteiger partial charge >= 0.3 is 5.97 Å². The maximum absolute atomic E-state index is 11.4. The lowest BCUT2D eigenvalue weighted by molar-refractivity contribution is 0.000526. The second kappa shape index (κ2) is 3.58. The van der Waals surface area contributed by atoms with Crippen LogP contribution < -0.4 is 5.32 Å². The van der Waals surface area contributed by atoms with Gasteiger partial charge in [-0.05, 0) is 12.1 Å². The first kappa shape index (κ1) is 8.26. The summed E-state index contributed by atoms with van der Waals surface area (Å²) < 4.78 is 5.12. The zero-order valence-electron chi connectivity index (χ0n) is 7.19. The van der Waals surface area contributed by atoms with Crippen LogP contribution in [0.2, 0.25) is 0 Å². The van der Waals surface area contributed by atoms with E-state index in [1.165, 1.54) is 0 Å². The minimum absolute atomic E-state index is 0.0762. The largest absolute Gasteiger partial charge is 0.443 e. The summed E-state index contributed by atoms with van der Waals surface area (Å²) >= 11 is 0. The average Bonchev–Trinajstić information content (AvgIpc) is 2.12. The zero-order chi connectivity index (χ0) is 9.10. The van der Waals surface area contributed by atoms with Crippen LogP contribution in [0.25, 0.3) is 0 Å². The highest BCUT2D eigenvalue weighted by molar-refractivity contribution is 5.89. The van der Waals surface area contributed by atoms with Crippen molar-refractivity contribution in [3.05, 3.63) is 35.9 Å². The minimum atomic E-state index is -0.252. The molecule has 1 unspecified atom stereocenters. The van der Waals surface area contributed by atoms with Crippen molar-refractivity contribution in [1.82, 2.24) is 5.32 Å². The molecule has 1 N–H and O–H groups in total. The van der Waals surface area contributed by atoms with Gasteiger partial charge in [0.1, 0.15) is 0 Å². The molecule has 0 spiro atoms. The van der Waals surface area contributed by atoms with Gasteiger partial charge < -0.3 is 4.74 Å². The number of rotatable bonds is 2. The van der Waals surface area contributed by atoms with E-state index in [0.29, 0.717) is 5.56 Å². The molecule has 1 aromatic carbocycles. The molecule has 0 bridgehead atoms. The van der Waals surface area contributed by atoms with Gasteiger partial charge in [-0.15, -0.1) is 0 Å². The third-order valence-electron chi connectivity index (χ3n) is 2.04. The molecular weight excluding hydrogens is 166 g/mol. The molecule has 0 amide bonds. The summed E-state index contributed by atoms with van der Waals surface area (Å²) in [4.78, 5) is 11.4. The van der Waals surface area contributed by atoms with E-state index in [1.54, 1.807) is 12.1 Å². The summed E-state index contributed by atoms with van der Waals surface area (Å²) in [6, 6.07) is 9.02. The monoisotopic (exact) mass is 177 g/mol. The lowest BCUT2D eigenvalue weighted by Gasteiger charge is -2.26. The summed E-state index contributed by atoms with van der Waals surface area (Å²) in [5.41, 5.74) is 0.608. The smallest absolute Gasteiger partial charge is 0.339 e. The standard InChI is InChI=1S/C10H11NO2/c12-10(13-9-6-7-11-9)8-4-2-1-3-5-8/h1-5,9,11H,6-7H2. The molecule has 0 radical (unpaired) electrons. The van der Waals surface area contributed by atoms with Crippen LogP contribution in [-0.4, -0.2) is 18.7 Å². The van der Waals surface area contributed by atoms with Gasteiger partial charge in [0.25, 0.3) is 0 Å². The van der Waals surface area contributed by atoms with E-state index in [0.717, 1.165) is 13.0 Å². The van der Waals surface area contributed by atoms with Gasteiger partial charge in [-0.25, -0.2) is 4.79 Å². The van der Waals surface area contributed by atoms with Crippen molar-refractivity contribution in [3.8, 4) is 0 Å². The Bertz CT molecular complexity index is 293. The van der Waals surface area contributed by atoms with Crippen molar-refractivity contribution in [2.24, 2.45) is 0 Å². The normalized spacial score (nSPS) is 20.5. The second-order valence-corrected chi connectivity index (χ2v) is 3.00. The van der Waals surface area contributed by atoms with Crippen molar-refractivity contribution >= 4 is 5.97 Å². The third kappa shape index (κ3) is 1.87. The highest BCUT2D eigenvalue weighted by Gasteiger charge is 2.20. The van der Waals surface area contributed by atoms with Crippen LogP contribution in [0.1, 0.15) is 16.8 Å². The second-order valence-electron chi connectivity index (χ2n) is 3.00. The minimum Gasteiger partial charge on any atom is -0.443 e. The van der Waals surface area contributed by atoms with Crippen LogP contribution in [0, 0.1) is 0 Å². The van der Waals surface area contributed by atoms with Crippen LogP contribution in [-0.2, 0) is 4.74 Å². The fourth-order valence-corrected chi connectivity index (χ4v) is 1.13. The summed E-state index contributed by atoms with van der Waals surface area (Å²) in [6.07, 6.45) is 0.839. The van der Waals surface area contributed by atoms with Crippen LogP contribution >= 0.6 is 0 Å². The fourth-order valence-electron chi connectivity index (χ4n) is 1.13. The van der Waals surface area contributed by atoms with E-state index >= 15 is 0 Å². The first-order valence-corrected chi connectivity index (χ1v) is 4.36. The zero-order valence-corrected chi connectivity index (χ0v) is 7.19. The number of nitrogens with one attached hydrogen (secondary N) is 1. The SMILES string of the molecule is O=C(OC1CCN1)c1ccccc1. The average molecular weight is 177 g/mol. The molecule has 1 saturated heterocycles. The van der Waals surface area contributed by atoms with Crippen molar-refractivity contribution < 1.29 is 9.53 Å². The van der Waals surface area contributed by atoms with Crippen molar-refractivity contribution in [2.75, 3.05) is 6.54 Å². The summed E-state index contributed by atoms with van der Waals surface area (Å²) in [5, 5.41) is 3.00. The van der Waals surface area contributed by atoms with Crippen LogP contribution in [0.5, 0.6) is 0 Å². The van der Waals surface area contributed by atoms with Crippen molar-refractivity contribution in [1.29, 1.82) is 0 Å². The predicted molar refractivity (Wildman–Crippen MR) is 48.3 cm³/mol. The Kier molecular flexibility index (Phi) is 2.27. The Morgan fingerprint density at radius 3 is 2.62 bits per heavy atom. The number of esters is 1. The molecule has 3 nitrogen and oxygen atoms in total. The molecule has 1 atom stereocenters. The number of ether oxygens (including phenoxy) is 1. The maximum atomic E-state index is 11.4. The lowest BCUT2D eigenvalue weighted by atomic mass is 10.2. The van der Waals surface area contributed by atoms with Gasteiger partial charge in [0.2, 0.25) is 0 Å². The molecule has 68 valence electrons. The van der Waals surface area contributed by atoms with E-state index in [1.807, 2.05) is 18.2 Å². The third-order valence-corrected chi connectivity index (χ3v) is 2.04. The van der Waals surface area contributed by atoms with E-state index in [4.69, 9.17) is 4.74 Å². The number of hydrogen-bond acceptors (Lipinski definition) is 3. The number of hydrogen-bond donors (Lipinski definition) is 1. The predicted octanol–water partition coefficient (Wildman–Crippen LogP) is 1.16. The lowest BCUT2D eigenvalue weighted by Crippen LogP contribution is -2.45.